The largest absolute Gasteiger partial charge is 0.389 e. The zero-order valence-corrected chi connectivity index (χ0v) is 9.45. The molecule has 12 heavy (non-hydrogen) atoms. The molecule has 70 valence electrons. The Hall–Kier alpha value is 0.290. The van der Waals surface area contributed by atoms with Crippen LogP contribution in [0.2, 0.25) is 0 Å². The van der Waals surface area contributed by atoms with Gasteiger partial charge in [0.2, 0.25) is 4.69 Å². The number of aliphatic hydroxyl groups is 2. The summed E-state index contributed by atoms with van der Waals surface area (Å²) in [6.45, 7) is 0. The molecule has 3 nitrogen and oxygen atoms in total. The predicted molar refractivity (Wildman–Crippen MR) is 53.5 cm³/mol. The lowest BCUT2D eigenvalue weighted by molar-refractivity contribution is -0.108. The first-order chi connectivity index (χ1) is 5.56. The molecule has 1 aliphatic rings. The maximum atomic E-state index is 9.68. The van der Waals surface area contributed by atoms with Crippen molar-refractivity contribution >= 4 is 36.6 Å². The van der Waals surface area contributed by atoms with Gasteiger partial charge in [-0.05, 0) is 15.9 Å². The van der Waals surface area contributed by atoms with E-state index in [2.05, 4.69) is 31.9 Å². The summed E-state index contributed by atoms with van der Waals surface area (Å²) in [5.74, 6) is 0. The molecule has 0 spiro atoms. The van der Waals surface area contributed by atoms with E-state index in [9.17, 15) is 4.79 Å². The summed E-state index contributed by atoms with van der Waals surface area (Å²) in [6.07, 6.45) is 2.86. The molecule has 0 fully saturated rings. The van der Waals surface area contributed by atoms with Crippen molar-refractivity contribution in [1.82, 2.24) is 0 Å². The van der Waals surface area contributed by atoms with E-state index in [0.717, 1.165) is 0 Å². The highest BCUT2D eigenvalue weighted by Gasteiger charge is 2.11. The molecule has 5 heteroatoms. The van der Waals surface area contributed by atoms with Gasteiger partial charge >= 0.3 is 0 Å². The molecule has 0 radical (unpaired) electrons. The van der Waals surface area contributed by atoms with E-state index in [0.29, 0.717) is 11.8 Å². The average molecular weight is 302 g/mol. The zero-order valence-electron chi connectivity index (χ0n) is 6.28. The lowest BCUT2D eigenvalue weighted by Gasteiger charge is -1.96. The van der Waals surface area contributed by atoms with Gasteiger partial charge in [0.05, 0.1) is 17.5 Å². The molecular weight excluding hydrogens is 292 g/mol. The van der Waals surface area contributed by atoms with Crippen LogP contribution < -0.4 is 0 Å². The number of carbonyl (C=O) groups excluding carboxylic acids is 1. The fourth-order valence-electron chi connectivity index (χ4n) is 0.661. The molecule has 0 amide bonds. The van der Waals surface area contributed by atoms with Crippen LogP contribution in [0.25, 0.3) is 0 Å². The van der Waals surface area contributed by atoms with E-state index in [1.807, 2.05) is 0 Å². The van der Waals surface area contributed by atoms with Gasteiger partial charge < -0.3 is 10.2 Å². The standard InChI is InChI=1S/C5H8O2.C2H2Br2O/c6-4-1-2-5(7)3-4;3-1-2(4)5/h1-2,4-7H,3H2;1H2/t4-,5+;. The number of halogens is 2. The Balaban J connectivity index is 0.000000217. The minimum absolute atomic E-state index is 0.0162. The number of aliphatic hydroxyl groups excluding tert-OH is 2. The fourth-order valence-corrected chi connectivity index (χ4v) is 0.661. The molecule has 0 aromatic rings. The van der Waals surface area contributed by atoms with Gasteiger partial charge in [-0.25, -0.2) is 0 Å². The van der Waals surface area contributed by atoms with Crippen molar-refractivity contribution in [2.45, 2.75) is 18.6 Å². The number of hydrogen-bond donors (Lipinski definition) is 2. The Morgan fingerprint density at radius 2 is 1.75 bits per heavy atom. The van der Waals surface area contributed by atoms with Crippen LogP contribution in [0.5, 0.6) is 0 Å². The lowest BCUT2D eigenvalue weighted by atomic mass is 10.3. The van der Waals surface area contributed by atoms with Gasteiger partial charge in [-0.3, -0.25) is 4.79 Å². The van der Waals surface area contributed by atoms with E-state index in [1.165, 1.54) is 0 Å². The molecular formula is C7H10Br2O3. The van der Waals surface area contributed by atoms with E-state index in [4.69, 9.17) is 10.2 Å². The summed E-state index contributed by atoms with van der Waals surface area (Å²) in [5, 5.41) is 17.7. The van der Waals surface area contributed by atoms with Crippen molar-refractivity contribution in [3.63, 3.8) is 0 Å². The van der Waals surface area contributed by atoms with E-state index >= 15 is 0 Å². The summed E-state index contributed by atoms with van der Waals surface area (Å²) >= 11 is 5.60. The SMILES string of the molecule is O=C(Br)CBr.O[C@@H]1C=C[C@H](O)C1. The Labute approximate surface area is 87.7 Å². The smallest absolute Gasteiger partial charge is 0.208 e. The van der Waals surface area contributed by atoms with Crippen molar-refractivity contribution in [1.29, 1.82) is 0 Å². The summed E-state index contributed by atoms with van der Waals surface area (Å²) in [4.78, 5) is 9.68. The van der Waals surface area contributed by atoms with Crippen LogP contribution in [0.1, 0.15) is 6.42 Å². The molecule has 1 aliphatic carbocycles. The highest BCUT2D eigenvalue weighted by Crippen LogP contribution is 2.08. The Kier molecular flexibility index (Phi) is 6.93. The molecule has 1 rings (SSSR count). The molecule has 2 atom stereocenters. The first-order valence-electron chi connectivity index (χ1n) is 3.35. The van der Waals surface area contributed by atoms with Crippen LogP contribution in [0.15, 0.2) is 12.2 Å². The number of rotatable bonds is 1. The first kappa shape index (κ1) is 12.3. The van der Waals surface area contributed by atoms with Gasteiger partial charge in [0.1, 0.15) is 0 Å². The molecule has 0 unspecified atom stereocenters. The van der Waals surface area contributed by atoms with Crippen molar-refractivity contribution in [3.05, 3.63) is 12.2 Å². The number of carbonyl (C=O) groups is 1. The minimum Gasteiger partial charge on any atom is -0.389 e. The second-order valence-corrected chi connectivity index (χ2v) is 3.69. The van der Waals surface area contributed by atoms with E-state index in [1.54, 1.807) is 12.2 Å². The molecule has 0 bridgehead atoms. The van der Waals surface area contributed by atoms with E-state index < -0.39 is 12.2 Å². The van der Waals surface area contributed by atoms with Gasteiger partial charge in [0.15, 0.2) is 0 Å². The zero-order chi connectivity index (χ0) is 9.56. The molecule has 0 saturated carbocycles. The predicted octanol–water partition coefficient (Wildman–Crippen LogP) is 0.971. The Morgan fingerprint density at radius 1 is 1.42 bits per heavy atom. The normalized spacial score (nSPS) is 26.3. The topological polar surface area (TPSA) is 57.5 Å². The van der Waals surface area contributed by atoms with Crippen molar-refractivity contribution in [3.8, 4) is 0 Å². The lowest BCUT2D eigenvalue weighted by Crippen LogP contribution is -2.04. The third kappa shape index (κ3) is 6.97. The maximum Gasteiger partial charge on any atom is 0.208 e. The van der Waals surface area contributed by atoms with Crippen LogP contribution in [-0.2, 0) is 4.79 Å². The van der Waals surface area contributed by atoms with Crippen molar-refractivity contribution < 1.29 is 15.0 Å². The third-order valence-corrected chi connectivity index (χ3v) is 2.69. The quantitative estimate of drug-likeness (QED) is 0.431. The first-order valence-corrected chi connectivity index (χ1v) is 5.26. The summed E-state index contributed by atoms with van der Waals surface area (Å²) in [5.41, 5.74) is 0. The summed E-state index contributed by atoms with van der Waals surface area (Å²) in [6, 6.07) is 0. The molecule has 0 aliphatic heterocycles. The highest BCUT2D eigenvalue weighted by atomic mass is 79.9. The minimum atomic E-state index is -0.407. The Morgan fingerprint density at radius 3 is 1.83 bits per heavy atom. The molecule has 0 aromatic heterocycles. The number of hydrogen-bond acceptors (Lipinski definition) is 3. The van der Waals surface area contributed by atoms with Gasteiger partial charge in [-0.1, -0.05) is 28.1 Å². The highest BCUT2D eigenvalue weighted by molar-refractivity contribution is 9.19. The summed E-state index contributed by atoms with van der Waals surface area (Å²) < 4.78 is -0.0162. The Bertz CT molecular complexity index is 160. The van der Waals surface area contributed by atoms with Gasteiger partial charge in [-0.2, -0.15) is 0 Å². The molecule has 0 heterocycles. The fraction of sp³-hybridized carbons (Fsp3) is 0.571. The van der Waals surface area contributed by atoms with Crippen molar-refractivity contribution in [2.24, 2.45) is 0 Å². The summed E-state index contributed by atoms with van der Waals surface area (Å²) in [7, 11) is 0. The van der Waals surface area contributed by atoms with Gasteiger partial charge in [0, 0.05) is 6.42 Å². The van der Waals surface area contributed by atoms with Gasteiger partial charge in [0.25, 0.3) is 0 Å². The van der Waals surface area contributed by atoms with Crippen LogP contribution in [0.3, 0.4) is 0 Å². The van der Waals surface area contributed by atoms with Gasteiger partial charge in [-0.15, -0.1) is 0 Å². The van der Waals surface area contributed by atoms with Crippen LogP contribution in [-0.4, -0.2) is 32.4 Å². The molecule has 0 aromatic carbocycles. The van der Waals surface area contributed by atoms with Crippen molar-refractivity contribution in [2.75, 3.05) is 5.33 Å². The van der Waals surface area contributed by atoms with Crippen LogP contribution >= 0.6 is 31.9 Å². The van der Waals surface area contributed by atoms with Crippen LogP contribution in [0.4, 0.5) is 0 Å². The maximum absolute atomic E-state index is 9.68. The second kappa shape index (κ2) is 6.77. The monoisotopic (exact) mass is 300 g/mol. The average Bonchev–Trinajstić information content (AvgIpc) is 2.36. The number of alkyl halides is 1. The molecule has 0 saturated heterocycles. The molecule has 2 N–H and O–H groups in total. The second-order valence-electron chi connectivity index (χ2n) is 2.24. The van der Waals surface area contributed by atoms with Crippen LogP contribution in [0, 0.1) is 0 Å². The van der Waals surface area contributed by atoms with E-state index in [-0.39, 0.29) is 4.69 Å². The third-order valence-electron chi connectivity index (χ3n) is 1.14.